The van der Waals surface area contributed by atoms with E-state index in [1.54, 1.807) is 0 Å². The lowest BCUT2D eigenvalue weighted by Gasteiger charge is -2.20. The number of carbonyl (C=O) groups is 1. The van der Waals surface area contributed by atoms with Crippen LogP contribution in [0.3, 0.4) is 0 Å². The molecule has 2 heterocycles. The summed E-state index contributed by atoms with van der Waals surface area (Å²) in [6.07, 6.45) is 1.17. The number of fused-ring (bicyclic) bond motifs is 1. The molecule has 0 aliphatic carbocycles. The second-order valence-electron chi connectivity index (χ2n) is 6.60. The molecule has 0 saturated carbocycles. The predicted octanol–water partition coefficient (Wildman–Crippen LogP) is 2.64. The minimum atomic E-state index is 0.0293. The molecule has 1 aliphatic heterocycles. The molecule has 1 fully saturated rings. The number of hydrogen-bond donors (Lipinski definition) is 1. The van der Waals surface area contributed by atoms with Crippen LogP contribution in [0, 0.1) is 5.92 Å². The fourth-order valence-corrected chi connectivity index (χ4v) is 3.33. The number of hydrogen-bond acceptors (Lipinski definition) is 2. The van der Waals surface area contributed by atoms with Crippen LogP contribution in [-0.4, -0.2) is 41.1 Å². The molecule has 1 aliphatic rings. The summed E-state index contributed by atoms with van der Waals surface area (Å²) in [4.78, 5) is 14.9. The first-order valence-electron chi connectivity index (χ1n) is 8.13. The number of para-hydroxylation sites is 1. The number of rotatable bonds is 4. The van der Waals surface area contributed by atoms with Gasteiger partial charge < -0.3 is 14.8 Å². The third kappa shape index (κ3) is 2.88. The molecule has 1 atom stereocenters. The summed E-state index contributed by atoms with van der Waals surface area (Å²) < 4.78 is 1.97. The zero-order chi connectivity index (χ0) is 15.7. The number of nitrogens with one attached hydrogen (secondary N) is 1. The van der Waals surface area contributed by atoms with E-state index < -0.39 is 0 Å². The topological polar surface area (TPSA) is 37.3 Å². The van der Waals surface area contributed by atoms with Crippen molar-refractivity contribution in [2.45, 2.75) is 26.3 Å². The molecule has 0 bridgehead atoms. The highest BCUT2D eigenvalue weighted by molar-refractivity contribution is 5.98. The van der Waals surface area contributed by atoms with E-state index in [4.69, 9.17) is 0 Å². The molecule has 0 radical (unpaired) electrons. The molecular weight excluding hydrogens is 274 g/mol. The smallest absolute Gasteiger partial charge is 0.267 e. The molecular formula is C18H25N3O. The van der Waals surface area contributed by atoms with Crippen molar-refractivity contribution in [1.82, 2.24) is 14.8 Å². The van der Waals surface area contributed by atoms with Gasteiger partial charge in [-0.2, -0.15) is 0 Å². The average molecular weight is 299 g/mol. The van der Waals surface area contributed by atoms with Crippen molar-refractivity contribution < 1.29 is 4.79 Å². The molecule has 1 aromatic carbocycles. The maximum atomic E-state index is 12.5. The number of aryl methyl sites for hydroxylation is 1. The van der Waals surface area contributed by atoms with E-state index in [0.717, 1.165) is 36.2 Å². The number of benzene rings is 1. The lowest BCUT2D eigenvalue weighted by atomic mass is 10.1. The summed E-state index contributed by atoms with van der Waals surface area (Å²) in [6, 6.07) is 10.7. The molecule has 0 spiro atoms. The Kier molecular flexibility index (Phi) is 4.21. The van der Waals surface area contributed by atoms with Crippen molar-refractivity contribution in [1.29, 1.82) is 0 Å². The molecule has 1 aromatic heterocycles. The standard InChI is InChI=1S/C18H25N3O/c1-13(2)21-9-8-14(12-21)11-19-18(22)17-10-15-6-4-5-7-16(15)20(17)3/h4-7,10,13-14H,8-9,11-12H2,1-3H3,(H,19,22)/t14-/m1/s1. The van der Waals surface area contributed by atoms with Crippen LogP contribution in [0.2, 0.25) is 0 Å². The van der Waals surface area contributed by atoms with E-state index in [-0.39, 0.29) is 5.91 Å². The third-order valence-electron chi connectivity index (χ3n) is 4.78. The van der Waals surface area contributed by atoms with Crippen LogP contribution in [-0.2, 0) is 7.05 Å². The number of amides is 1. The highest BCUT2D eigenvalue weighted by Crippen LogP contribution is 2.20. The van der Waals surface area contributed by atoms with Crippen molar-refractivity contribution in [3.8, 4) is 0 Å². The Morgan fingerprint density at radius 1 is 1.36 bits per heavy atom. The normalized spacial score (nSPS) is 19.2. The van der Waals surface area contributed by atoms with Crippen LogP contribution in [0.4, 0.5) is 0 Å². The quantitative estimate of drug-likeness (QED) is 0.942. The Morgan fingerprint density at radius 3 is 2.82 bits per heavy atom. The molecule has 22 heavy (non-hydrogen) atoms. The average Bonchev–Trinajstić information content (AvgIpc) is 3.11. The molecule has 4 nitrogen and oxygen atoms in total. The Hall–Kier alpha value is -1.81. The van der Waals surface area contributed by atoms with E-state index in [2.05, 4.69) is 24.1 Å². The Balaban J connectivity index is 1.63. The molecule has 1 saturated heterocycles. The van der Waals surface area contributed by atoms with Crippen LogP contribution in [0.15, 0.2) is 30.3 Å². The van der Waals surface area contributed by atoms with Crippen LogP contribution in [0.25, 0.3) is 10.9 Å². The van der Waals surface area contributed by atoms with Gasteiger partial charge in [0, 0.05) is 37.1 Å². The summed E-state index contributed by atoms with van der Waals surface area (Å²) in [7, 11) is 1.95. The van der Waals surface area contributed by atoms with Gasteiger partial charge in [-0.1, -0.05) is 18.2 Å². The number of nitrogens with zero attached hydrogens (tertiary/aromatic N) is 2. The Morgan fingerprint density at radius 2 is 2.14 bits per heavy atom. The van der Waals surface area contributed by atoms with E-state index >= 15 is 0 Å². The summed E-state index contributed by atoms with van der Waals surface area (Å²) in [5.41, 5.74) is 1.83. The SMILES string of the molecule is CC(C)N1CC[C@H](CNC(=O)c2cc3ccccc3n2C)C1. The van der Waals surface area contributed by atoms with Crippen LogP contribution in [0.1, 0.15) is 30.8 Å². The monoisotopic (exact) mass is 299 g/mol. The van der Waals surface area contributed by atoms with Crippen molar-refractivity contribution in [2.75, 3.05) is 19.6 Å². The van der Waals surface area contributed by atoms with Gasteiger partial charge in [0.05, 0.1) is 0 Å². The van der Waals surface area contributed by atoms with Crippen LogP contribution in [0.5, 0.6) is 0 Å². The maximum absolute atomic E-state index is 12.5. The van der Waals surface area contributed by atoms with E-state index in [1.165, 1.54) is 6.42 Å². The first-order chi connectivity index (χ1) is 10.6. The molecule has 3 rings (SSSR count). The Labute approximate surface area is 132 Å². The summed E-state index contributed by atoms with van der Waals surface area (Å²) >= 11 is 0. The van der Waals surface area contributed by atoms with Crippen LogP contribution < -0.4 is 5.32 Å². The summed E-state index contributed by atoms with van der Waals surface area (Å²) in [5, 5.41) is 4.23. The van der Waals surface area contributed by atoms with Crippen molar-refractivity contribution in [3.63, 3.8) is 0 Å². The van der Waals surface area contributed by atoms with Crippen LogP contribution >= 0.6 is 0 Å². The zero-order valence-corrected chi connectivity index (χ0v) is 13.7. The number of likely N-dealkylation sites (tertiary alicyclic amines) is 1. The van der Waals surface area contributed by atoms with E-state index in [1.807, 2.05) is 41.9 Å². The maximum Gasteiger partial charge on any atom is 0.267 e. The summed E-state index contributed by atoms with van der Waals surface area (Å²) in [5.74, 6) is 0.600. The summed E-state index contributed by atoms with van der Waals surface area (Å²) in [6.45, 7) is 7.47. The highest BCUT2D eigenvalue weighted by Gasteiger charge is 2.24. The van der Waals surface area contributed by atoms with E-state index in [9.17, 15) is 4.79 Å². The molecule has 1 amide bonds. The molecule has 4 heteroatoms. The molecule has 2 aromatic rings. The lowest BCUT2D eigenvalue weighted by molar-refractivity contribution is 0.0939. The number of aromatic nitrogens is 1. The fraction of sp³-hybridized carbons (Fsp3) is 0.500. The third-order valence-corrected chi connectivity index (χ3v) is 4.78. The second-order valence-corrected chi connectivity index (χ2v) is 6.60. The van der Waals surface area contributed by atoms with E-state index in [0.29, 0.717) is 12.0 Å². The van der Waals surface area contributed by atoms with Crippen molar-refractivity contribution >= 4 is 16.8 Å². The zero-order valence-electron chi connectivity index (χ0n) is 13.7. The molecule has 0 unspecified atom stereocenters. The Bertz CT molecular complexity index is 674. The first kappa shape index (κ1) is 15.1. The lowest BCUT2D eigenvalue weighted by Crippen LogP contribution is -2.33. The van der Waals surface area contributed by atoms with Crippen molar-refractivity contribution in [2.24, 2.45) is 13.0 Å². The first-order valence-corrected chi connectivity index (χ1v) is 8.13. The van der Waals surface area contributed by atoms with Gasteiger partial charge >= 0.3 is 0 Å². The van der Waals surface area contributed by atoms with Gasteiger partial charge in [-0.15, -0.1) is 0 Å². The van der Waals surface area contributed by atoms with Gasteiger partial charge in [0.1, 0.15) is 5.69 Å². The van der Waals surface area contributed by atoms with Gasteiger partial charge in [-0.3, -0.25) is 4.79 Å². The molecule has 118 valence electrons. The van der Waals surface area contributed by atoms with Gasteiger partial charge in [0.15, 0.2) is 0 Å². The minimum Gasteiger partial charge on any atom is -0.350 e. The van der Waals surface area contributed by atoms with Gasteiger partial charge in [-0.25, -0.2) is 0 Å². The number of carbonyl (C=O) groups excluding carboxylic acids is 1. The fourth-order valence-electron chi connectivity index (χ4n) is 3.33. The minimum absolute atomic E-state index is 0.0293. The largest absolute Gasteiger partial charge is 0.350 e. The second kappa shape index (κ2) is 6.13. The van der Waals surface area contributed by atoms with Gasteiger partial charge in [0.25, 0.3) is 5.91 Å². The van der Waals surface area contributed by atoms with Gasteiger partial charge in [0.2, 0.25) is 0 Å². The highest BCUT2D eigenvalue weighted by atomic mass is 16.1. The van der Waals surface area contributed by atoms with Gasteiger partial charge in [-0.05, 0) is 44.9 Å². The molecule has 1 N–H and O–H groups in total. The van der Waals surface area contributed by atoms with Crippen molar-refractivity contribution in [3.05, 3.63) is 36.0 Å². The predicted molar refractivity (Wildman–Crippen MR) is 90.1 cm³/mol.